The number of halogens is 3. The van der Waals surface area contributed by atoms with E-state index in [4.69, 9.17) is 9.84 Å². The normalized spacial score (nSPS) is 24.5. The van der Waals surface area contributed by atoms with Gasteiger partial charge in [0.1, 0.15) is 12.4 Å². The molecule has 2 aromatic heterocycles. The Kier molecular flexibility index (Phi) is 6.53. The maximum atomic E-state index is 12.8. The van der Waals surface area contributed by atoms with E-state index in [2.05, 4.69) is 20.3 Å². The molecule has 4 heterocycles. The van der Waals surface area contributed by atoms with Crippen molar-refractivity contribution in [2.45, 2.75) is 49.9 Å². The highest BCUT2D eigenvalue weighted by Gasteiger charge is 2.36. The number of aromatic nitrogens is 4. The molecule has 2 saturated heterocycles. The van der Waals surface area contributed by atoms with Crippen molar-refractivity contribution in [1.82, 2.24) is 24.4 Å². The number of carbonyl (C=O) groups is 1. The molecule has 4 unspecified atom stereocenters. The van der Waals surface area contributed by atoms with Gasteiger partial charge >= 0.3 is 6.18 Å². The van der Waals surface area contributed by atoms with Crippen LogP contribution in [0.15, 0.2) is 36.9 Å². The zero-order valence-corrected chi connectivity index (χ0v) is 19.1. The summed E-state index contributed by atoms with van der Waals surface area (Å²) in [6.45, 7) is 0.749. The third-order valence-electron chi connectivity index (χ3n) is 6.52. The number of hydrogen-bond donors (Lipinski definition) is 3. The Bertz CT molecular complexity index is 1230. The first-order valence-electron chi connectivity index (χ1n) is 11.6. The molecule has 5 rings (SSSR count). The number of benzene rings is 1. The third-order valence-corrected chi connectivity index (χ3v) is 6.52. The molecule has 0 aliphatic carbocycles. The first kappa shape index (κ1) is 24.4. The van der Waals surface area contributed by atoms with Gasteiger partial charge in [-0.05, 0) is 37.1 Å². The molecule has 2 aliphatic rings. The van der Waals surface area contributed by atoms with Gasteiger partial charge < -0.3 is 25.2 Å². The van der Waals surface area contributed by atoms with Crippen LogP contribution in [0, 0.1) is 0 Å². The van der Waals surface area contributed by atoms with E-state index in [1.54, 1.807) is 9.47 Å². The fraction of sp³-hybridized carbons (Fsp3) is 0.478. The van der Waals surface area contributed by atoms with Crippen LogP contribution in [0.1, 0.15) is 41.4 Å². The van der Waals surface area contributed by atoms with Crippen LogP contribution in [-0.4, -0.2) is 78.5 Å². The molecule has 36 heavy (non-hydrogen) atoms. The van der Waals surface area contributed by atoms with Gasteiger partial charge in [-0.25, -0.2) is 15.0 Å². The minimum absolute atomic E-state index is 0.0369. The molecule has 0 saturated carbocycles. The van der Waals surface area contributed by atoms with E-state index < -0.39 is 24.1 Å². The number of aliphatic hydroxyl groups excluding tert-OH is 2. The predicted octanol–water partition coefficient (Wildman–Crippen LogP) is 2.20. The lowest BCUT2D eigenvalue weighted by Gasteiger charge is -2.18. The number of ether oxygens (including phenoxy) is 1. The van der Waals surface area contributed by atoms with Crippen molar-refractivity contribution in [2.24, 2.45) is 0 Å². The largest absolute Gasteiger partial charge is 0.416 e. The zero-order chi connectivity index (χ0) is 25.4. The quantitative estimate of drug-likeness (QED) is 0.465. The average Bonchev–Trinajstić information content (AvgIpc) is 3.57. The highest BCUT2D eigenvalue weighted by Crippen LogP contribution is 2.33. The second-order valence-electron chi connectivity index (χ2n) is 8.97. The smallest absolute Gasteiger partial charge is 0.396 e. The van der Waals surface area contributed by atoms with Crippen LogP contribution in [0.4, 0.5) is 19.0 Å². The summed E-state index contributed by atoms with van der Waals surface area (Å²) in [7, 11) is 0. The molecular formula is C23H25F3N6O4. The molecule has 1 amide bonds. The summed E-state index contributed by atoms with van der Waals surface area (Å²) < 4.78 is 45.9. The van der Waals surface area contributed by atoms with Gasteiger partial charge in [0.15, 0.2) is 23.2 Å². The van der Waals surface area contributed by atoms with E-state index in [1.165, 1.54) is 24.8 Å². The van der Waals surface area contributed by atoms with Crippen LogP contribution < -0.4 is 5.32 Å². The summed E-state index contributed by atoms with van der Waals surface area (Å²) >= 11 is 0. The van der Waals surface area contributed by atoms with Gasteiger partial charge in [0.2, 0.25) is 0 Å². The number of aliphatic hydroxyl groups is 2. The summed E-state index contributed by atoms with van der Waals surface area (Å²) in [5.41, 5.74) is 0.344. The van der Waals surface area contributed by atoms with Crippen molar-refractivity contribution in [3.63, 3.8) is 0 Å². The van der Waals surface area contributed by atoms with Gasteiger partial charge in [0.25, 0.3) is 5.91 Å². The Labute approximate surface area is 203 Å². The number of rotatable bonds is 6. The number of alkyl halides is 3. The second kappa shape index (κ2) is 9.64. The van der Waals surface area contributed by atoms with Crippen molar-refractivity contribution >= 4 is 22.9 Å². The lowest BCUT2D eigenvalue weighted by Crippen LogP contribution is -2.31. The maximum Gasteiger partial charge on any atom is 0.416 e. The SMILES string of the molecule is O=C(c1ccc(C(F)(F)F)cc1)N1CCC(Nc2ncnc3c2ncn3C2OC(CCO)CC2O)C1. The molecule has 2 fully saturated rings. The van der Waals surface area contributed by atoms with E-state index in [9.17, 15) is 23.1 Å². The summed E-state index contributed by atoms with van der Waals surface area (Å²) in [5, 5.41) is 22.9. The molecule has 0 radical (unpaired) electrons. The number of likely N-dealkylation sites (tertiary alicyclic amines) is 1. The van der Waals surface area contributed by atoms with Crippen molar-refractivity contribution in [1.29, 1.82) is 0 Å². The van der Waals surface area contributed by atoms with E-state index >= 15 is 0 Å². The molecule has 13 heteroatoms. The van der Waals surface area contributed by atoms with Gasteiger partial charge in [0.05, 0.1) is 18.0 Å². The number of nitrogens with zero attached hydrogens (tertiary/aromatic N) is 5. The number of nitrogens with one attached hydrogen (secondary N) is 1. The van der Waals surface area contributed by atoms with E-state index in [0.29, 0.717) is 49.3 Å². The molecular weight excluding hydrogens is 481 g/mol. The summed E-state index contributed by atoms with van der Waals surface area (Å²) in [5.74, 6) is 0.127. The minimum Gasteiger partial charge on any atom is -0.396 e. The fourth-order valence-corrected chi connectivity index (χ4v) is 4.69. The zero-order valence-electron chi connectivity index (χ0n) is 19.1. The molecule has 10 nitrogen and oxygen atoms in total. The Hall–Kier alpha value is -3.29. The molecule has 0 spiro atoms. The molecule has 0 bridgehead atoms. The Morgan fingerprint density at radius 3 is 2.69 bits per heavy atom. The van der Waals surface area contributed by atoms with Crippen molar-refractivity contribution < 1.29 is 32.9 Å². The standard InChI is InChI=1S/C23H25F3N6O4/c24-23(25,26)14-3-1-13(2-4-14)21(35)31-7-5-15(10-31)30-19-18-20(28-11-27-19)32(12-29-18)22-17(34)9-16(36-22)6-8-33/h1-4,11-12,15-17,22,33-34H,5-10H2,(H,27,28,30). The maximum absolute atomic E-state index is 12.8. The minimum atomic E-state index is -4.46. The number of hydrogen-bond acceptors (Lipinski definition) is 8. The number of fused-ring (bicyclic) bond motifs is 1. The van der Waals surface area contributed by atoms with Gasteiger partial charge in [0, 0.05) is 37.7 Å². The van der Waals surface area contributed by atoms with Gasteiger partial charge in [-0.2, -0.15) is 13.2 Å². The molecule has 3 N–H and O–H groups in total. The fourth-order valence-electron chi connectivity index (χ4n) is 4.69. The van der Waals surface area contributed by atoms with Crippen molar-refractivity contribution in [3.05, 3.63) is 48.0 Å². The highest BCUT2D eigenvalue weighted by molar-refractivity contribution is 5.94. The summed E-state index contributed by atoms with van der Waals surface area (Å²) in [4.78, 5) is 27.4. The topological polar surface area (TPSA) is 126 Å². The Balaban J connectivity index is 1.27. The summed E-state index contributed by atoms with van der Waals surface area (Å²) in [6, 6.07) is 4.05. The molecule has 3 aromatic rings. The highest BCUT2D eigenvalue weighted by atomic mass is 19.4. The monoisotopic (exact) mass is 506 g/mol. The van der Waals surface area contributed by atoms with Crippen LogP contribution in [0.2, 0.25) is 0 Å². The van der Waals surface area contributed by atoms with Crippen LogP contribution in [0.5, 0.6) is 0 Å². The number of anilines is 1. The van der Waals surface area contributed by atoms with E-state index in [0.717, 1.165) is 12.1 Å². The number of amides is 1. The van der Waals surface area contributed by atoms with Crippen LogP contribution in [0.3, 0.4) is 0 Å². The lowest BCUT2D eigenvalue weighted by atomic mass is 10.1. The van der Waals surface area contributed by atoms with Crippen LogP contribution in [0.25, 0.3) is 11.2 Å². The molecule has 2 aliphatic heterocycles. The predicted molar refractivity (Wildman–Crippen MR) is 121 cm³/mol. The third kappa shape index (κ3) is 4.73. The Morgan fingerprint density at radius 2 is 1.97 bits per heavy atom. The average molecular weight is 506 g/mol. The van der Waals surface area contributed by atoms with Crippen LogP contribution >= 0.6 is 0 Å². The Morgan fingerprint density at radius 1 is 1.19 bits per heavy atom. The second-order valence-corrected chi connectivity index (χ2v) is 8.97. The molecule has 4 atom stereocenters. The first-order chi connectivity index (χ1) is 17.2. The first-order valence-corrected chi connectivity index (χ1v) is 11.6. The molecule has 1 aromatic carbocycles. The lowest BCUT2D eigenvalue weighted by molar-refractivity contribution is -0.137. The van der Waals surface area contributed by atoms with Crippen molar-refractivity contribution in [3.8, 4) is 0 Å². The van der Waals surface area contributed by atoms with Crippen LogP contribution in [-0.2, 0) is 10.9 Å². The van der Waals surface area contributed by atoms with E-state index in [-0.39, 0.29) is 30.2 Å². The number of imidazole rings is 1. The van der Waals surface area contributed by atoms with Gasteiger partial charge in [-0.15, -0.1) is 0 Å². The van der Waals surface area contributed by atoms with Gasteiger partial charge in [-0.3, -0.25) is 9.36 Å². The number of carbonyl (C=O) groups excluding carboxylic acids is 1. The van der Waals surface area contributed by atoms with Crippen molar-refractivity contribution in [2.75, 3.05) is 25.0 Å². The van der Waals surface area contributed by atoms with Gasteiger partial charge in [-0.1, -0.05) is 0 Å². The summed E-state index contributed by atoms with van der Waals surface area (Å²) in [6.07, 6.45) is -1.85. The molecule has 192 valence electrons. The van der Waals surface area contributed by atoms with E-state index in [1.807, 2.05) is 0 Å².